The van der Waals surface area contributed by atoms with E-state index in [0.717, 1.165) is 35.4 Å². The number of aliphatic carboxylic acids is 1. The van der Waals surface area contributed by atoms with E-state index in [1.54, 1.807) is 29.2 Å². The van der Waals surface area contributed by atoms with Crippen molar-refractivity contribution in [2.75, 3.05) is 11.4 Å². The Labute approximate surface area is 248 Å². The largest absolute Gasteiger partial charge is 0.573 e. The standard InChI is InChI=1S/C31H38F3N3O6/c1-29(2,3)22-12-15-30(16-13-22)18-25(38)37(23-8-10-24(11-9-23)43-31(32,33)34)28(42)36(30)19-20-4-6-21(7-5-20)27(41)35-17-14-26(39)40/h4-11,22,27,35,41H,12-19H2,1-3H3,(H,39,40). The van der Waals surface area contributed by atoms with Crippen molar-refractivity contribution in [2.45, 2.75) is 84.0 Å². The number of carbonyl (C=O) groups is 3. The molecule has 1 aliphatic heterocycles. The Kier molecular flexibility index (Phi) is 9.41. The fourth-order valence-corrected chi connectivity index (χ4v) is 6.06. The van der Waals surface area contributed by atoms with Gasteiger partial charge in [0, 0.05) is 13.1 Å². The van der Waals surface area contributed by atoms with Crippen molar-refractivity contribution >= 4 is 23.6 Å². The molecule has 3 N–H and O–H groups in total. The molecule has 0 bridgehead atoms. The van der Waals surface area contributed by atoms with Crippen LogP contribution in [0.4, 0.5) is 23.7 Å². The molecule has 3 amide bonds. The number of hydrogen-bond donors (Lipinski definition) is 3. The monoisotopic (exact) mass is 605 g/mol. The van der Waals surface area contributed by atoms with Crippen molar-refractivity contribution in [1.29, 1.82) is 0 Å². The smallest absolute Gasteiger partial charge is 0.481 e. The molecule has 1 atom stereocenters. The molecule has 1 saturated heterocycles. The van der Waals surface area contributed by atoms with Crippen molar-refractivity contribution in [2.24, 2.45) is 11.3 Å². The van der Waals surface area contributed by atoms with Gasteiger partial charge in [-0.15, -0.1) is 13.2 Å². The highest BCUT2D eigenvalue weighted by Gasteiger charge is 2.52. The van der Waals surface area contributed by atoms with Crippen LogP contribution in [0.5, 0.6) is 5.75 Å². The number of halogens is 3. The van der Waals surface area contributed by atoms with Gasteiger partial charge in [-0.3, -0.25) is 14.9 Å². The average Bonchev–Trinajstić information content (AvgIpc) is 2.91. The van der Waals surface area contributed by atoms with Crippen molar-refractivity contribution in [3.8, 4) is 5.75 Å². The molecule has 0 radical (unpaired) electrons. The summed E-state index contributed by atoms with van der Waals surface area (Å²) in [5.41, 5.74) is 0.810. The van der Waals surface area contributed by atoms with Gasteiger partial charge in [0.2, 0.25) is 5.91 Å². The van der Waals surface area contributed by atoms with E-state index in [2.05, 4.69) is 30.8 Å². The fraction of sp³-hybridized carbons (Fsp3) is 0.516. The van der Waals surface area contributed by atoms with Gasteiger partial charge < -0.3 is 19.8 Å². The van der Waals surface area contributed by atoms with E-state index in [-0.39, 0.29) is 37.0 Å². The highest BCUT2D eigenvalue weighted by Crippen LogP contribution is 2.48. The maximum absolute atomic E-state index is 14.1. The predicted molar refractivity (Wildman–Crippen MR) is 152 cm³/mol. The molecular weight excluding hydrogens is 567 g/mol. The summed E-state index contributed by atoms with van der Waals surface area (Å²) < 4.78 is 41.9. The Morgan fingerprint density at radius 3 is 2.19 bits per heavy atom. The lowest BCUT2D eigenvalue weighted by molar-refractivity contribution is -0.274. The molecule has 43 heavy (non-hydrogen) atoms. The number of aliphatic hydroxyl groups is 1. The number of carbonyl (C=O) groups excluding carboxylic acids is 2. The third kappa shape index (κ3) is 7.85. The number of aliphatic hydroxyl groups excluding tert-OH is 1. The summed E-state index contributed by atoms with van der Waals surface area (Å²) in [6.45, 7) is 6.83. The number of nitrogens with one attached hydrogen (secondary N) is 1. The van der Waals surface area contributed by atoms with Gasteiger partial charge in [0.05, 0.1) is 24.1 Å². The highest BCUT2D eigenvalue weighted by molar-refractivity contribution is 6.16. The molecular formula is C31H38F3N3O6. The van der Waals surface area contributed by atoms with Crippen LogP contribution in [-0.2, 0) is 16.1 Å². The number of anilines is 1. The number of hydrogen-bond acceptors (Lipinski definition) is 6. The van der Waals surface area contributed by atoms with Crippen LogP contribution in [0.15, 0.2) is 48.5 Å². The molecule has 234 valence electrons. The van der Waals surface area contributed by atoms with Gasteiger partial charge in [0.1, 0.15) is 12.0 Å². The molecule has 0 aromatic heterocycles. The van der Waals surface area contributed by atoms with E-state index in [1.165, 1.54) is 12.1 Å². The van der Waals surface area contributed by atoms with Crippen molar-refractivity contribution in [3.05, 3.63) is 59.7 Å². The molecule has 4 rings (SSSR count). The van der Waals surface area contributed by atoms with Crippen LogP contribution >= 0.6 is 0 Å². The second-order valence-electron chi connectivity index (χ2n) is 12.4. The molecule has 1 unspecified atom stereocenters. The van der Waals surface area contributed by atoms with Crippen LogP contribution in [0.2, 0.25) is 0 Å². The lowest BCUT2D eigenvalue weighted by Gasteiger charge is -2.53. The first-order chi connectivity index (χ1) is 20.1. The van der Waals surface area contributed by atoms with E-state index in [1.807, 2.05) is 0 Å². The van der Waals surface area contributed by atoms with Gasteiger partial charge in [-0.2, -0.15) is 0 Å². The Balaban J connectivity index is 1.58. The number of carboxylic acids is 1. The van der Waals surface area contributed by atoms with Gasteiger partial charge in [0.25, 0.3) is 0 Å². The summed E-state index contributed by atoms with van der Waals surface area (Å²) in [6, 6.07) is 11.0. The first kappa shape index (κ1) is 32.3. The molecule has 1 spiro atoms. The molecule has 2 fully saturated rings. The highest BCUT2D eigenvalue weighted by atomic mass is 19.4. The zero-order chi connectivity index (χ0) is 31.6. The zero-order valence-corrected chi connectivity index (χ0v) is 24.5. The SMILES string of the molecule is CC(C)(C)C1CCC2(CC1)CC(=O)N(c1ccc(OC(F)(F)F)cc1)C(=O)N2Cc1ccc(C(O)NCCC(=O)O)cc1. The minimum Gasteiger partial charge on any atom is -0.481 e. The Hall–Kier alpha value is -3.64. The Morgan fingerprint density at radius 2 is 1.65 bits per heavy atom. The number of imide groups is 1. The van der Waals surface area contributed by atoms with Gasteiger partial charge in [-0.05, 0) is 72.4 Å². The number of ether oxygens (including phenoxy) is 1. The van der Waals surface area contributed by atoms with E-state index in [4.69, 9.17) is 5.11 Å². The molecule has 1 heterocycles. The topological polar surface area (TPSA) is 119 Å². The van der Waals surface area contributed by atoms with Crippen molar-refractivity contribution < 1.29 is 42.5 Å². The molecule has 9 nitrogen and oxygen atoms in total. The summed E-state index contributed by atoms with van der Waals surface area (Å²) in [6.07, 6.45) is -3.02. The number of carboxylic acid groups (broad SMARTS) is 1. The second kappa shape index (κ2) is 12.5. The Bertz CT molecular complexity index is 1300. The number of amides is 3. The molecule has 2 aromatic rings. The molecule has 12 heteroatoms. The van der Waals surface area contributed by atoms with E-state index in [0.29, 0.717) is 24.3 Å². The van der Waals surface area contributed by atoms with Gasteiger partial charge in [-0.25, -0.2) is 9.69 Å². The number of benzene rings is 2. The van der Waals surface area contributed by atoms with Crippen LogP contribution in [-0.4, -0.2) is 51.5 Å². The quantitative estimate of drug-likeness (QED) is 0.301. The maximum Gasteiger partial charge on any atom is 0.573 e. The number of rotatable bonds is 9. The van der Waals surface area contributed by atoms with Crippen LogP contribution in [0.1, 0.15) is 76.7 Å². The summed E-state index contributed by atoms with van der Waals surface area (Å²) in [5.74, 6) is -1.42. The van der Waals surface area contributed by atoms with Gasteiger partial charge >= 0.3 is 18.4 Å². The van der Waals surface area contributed by atoms with Crippen LogP contribution in [0.25, 0.3) is 0 Å². The first-order valence-electron chi connectivity index (χ1n) is 14.3. The van der Waals surface area contributed by atoms with Crippen molar-refractivity contribution in [3.63, 3.8) is 0 Å². The van der Waals surface area contributed by atoms with Crippen LogP contribution in [0, 0.1) is 11.3 Å². The first-order valence-corrected chi connectivity index (χ1v) is 14.3. The fourth-order valence-electron chi connectivity index (χ4n) is 6.06. The molecule has 2 aromatic carbocycles. The molecule has 1 aliphatic carbocycles. The average molecular weight is 606 g/mol. The predicted octanol–water partition coefficient (Wildman–Crippen LogP) is 5.97. The van der Waals surface area contributed by atoms with E-state index in [9.17, 15) is 32.7 Å². The number of alkyl halides is 3. The van der Waals surface area contributed by atoms with Gasteiger partial charge in [-0.1, -0.05) is 45.0 Å². The third-order valence-corrected chi connectivity index (χ3v) is 8.51. The third-order valence-electron chi connectivity index (χ3n) is 8.51. The Morgan fingerprint density at radius 1 is 1.05 bits per heavy atom. The van der Waals surface area contributed by atoms with Crippen molar-refractivity contribution in [1.82, 2.24) is 10.2 Å². The van der Waals surface area contributed by atoms with Gasteiger partial charge in [0.15, 0.2) is 0 Å². The number of urea groups is 1. The zero-order valence-electron chi connectivity index (χ0n) is 24.5. The minimum atomic E-state index is -4.87. The van der Waals surface area contributed by atoms with Crippen LogP contribution in [0.3, 0.4) is 0 Å². The van der Waals surface area contributed by atoms with E-state index < -0.39 is 41.8 Å². The number of nitrogens with zero attached hydrogens (tertiary/aromatic N) is 2. The summed E-state index contributed by atoms with van der Waals surface area (Å²) in [5, 5.41) is 21.9. The summed E-state index contributed by atoms with van der Waals surface area (Å²) in [7, 11) is 0. The normalized spacial score (nSPS) is 22.2. The minimum absolute atomic E-state index is 0.0799. The summed E-state index contributed by atoms with van der Waals surface area (Å²) >= 11 is 0. The van der Waals surface area contributed by atoms with Crippen LogP contribution < -0.4 is 15.0 Å². The second-order valence-corrected chi connectivity index (χ2v) is 12.4. The lowest BCUT2D eigenvalue weighted by atomic mass is 9.65. The summed E-state index contributed by atoms with van der Waals surface area (Å²) in [4.78, 5) is 41.1. The molecule has 1 saturated carbocycles. The maximum atomic E-state index is 14.1. The molecule has 2 aliphatic rings. The lowest BCUT2D eigenvalue weighted by Crippen LogP contribution is -2.64. The van der Waals surface area contributed by atoms with E-state index >= 15 is 0 Å².